The lowest BCUT2D eigenvalue weighted by Gasteiger charge is -2.16. The molecule has 0 spiro atoms. The van der Waals surface area contributed by atoms with Gasteiger partial charge in [-0.25, -0.2) is 18.2 Å². The van der Waals surface area contributed by atoms with Gasteiger partial charge in [-0.3, -0.25) is 0 Å². The molecule has 1 atom stereocenters. The zero-order valence-electron chi connectivity index (χ0n) is 14.6. The average molecular weight is 437 g/mol. The standard InChI is InChI=1S/C14H23BrN2OS.C2H2O4/c1-4-17(5-2)12-6-11-16-19(3,18)14-9-7-13(15)8-10-14;3-1(4)2(5)6/h7-10H,4-6,11-12H2,1-3H3;(H,3,4)(H,5,6). The number of aliphatic carboxylic acids is 2. The summed E-state index contributed by atoms with van der Waals surface area (Å²) < 4.78 is 17.9. The minimum atomic E-state index is -2.25. The Morgan fingerprint density at radius 2 is 1.60 bits per heavy atom. The van der Waals surface area contributed by atoms with Crippen LogP contribution >= 0.6 is 15.9 Å². The molecule has 0 fully saturated rings. The summed E-state index contributed by atoms with van der Waals surface area (Å²) in [6.45, 7) is 8.11. The topological polar surface area (TPSA) is 107 Å². The molecule has 1 aromatic carbocycles. The van der Waals surface area contributed by atoms with Crippen LogP contribution in [0.4, 0.5) is 0 Å². The summed E-state index contributed by atoms with van der Waals surface area (Å²) in [5.41, 5.74) is 0. The van der Waals surface area contributed by atoms with Gasteiger partial charge in [-0.15, -0.1) is 0 Å². The van der Waals surface area contributed by atoms with Gasteiger partial charge >= 0.3 is 11.9 Å². The highest BCUT2D eigenvalue weighted by Gasteiger charge is 2.05. The van der Waals surface area contributed by atoms with Crippen LogP contribution in [-0.4, -0.2) is 63.7 Å². The Hall–Kier alpha value is -1.45. The number of halogens is 1. The number of hydrogen-bond acceptors (Lipinski definition) is 5. The maximum atomic E-state index is 12.5. The summed E-state index contributed by atoms with van der Waals surface area (Å²) in [5, 5.41) is 14.8. The molecule has 0 saturated heterocycles. The van der Waals surface area contributed by atoms with Gasteiger partial charge in [0.1, 0.15) is 0 Å². The SMILES string of the molecule is CCN(CC)CCCN=S(C)(=O)c1ccc(Br)cc1.O=C(O)C(=O)O. The van der Waals surface area contributed by atoms with Crippen molar-refractivity contribution in [1.29, 1.82) is 0 Å². The van der Waals surface area contributed by atoms with Crippen molar-refractivity contribution in [3.63, 3.8) is 0 Å². The van der Waals surface area contributed by atoms with Crippen LogP contribution in [0.2, 0.25) is 0 Å². The quantitative estimate of drug-likeness (QED) is 0.502. The minimum absolute atomic E-state index is 0.655. The third-order valence-electron chi connectivity index (χ3n) is 3.30. The molecule has 1 aromatic rings. The minimum Gasteiger partial charge on any atom is -0.473 e. The molecule has 1 unspecified atom stereocenters. The van der Waals surface area contributed by atoms with Crippen molar-refractivity contribution in [2.24, 2.45) is 4.36 Å². The van der Waals surface area contributed by atoms with Crippen LogP contribution in [0.5, 0.6) is 0 Å². The van der Waals surface area contributed by atoms with Crippen LogP contribution in [0.15, 0.2) is 38.0 Å². The molecule has 2 N–H and O–H groups in total. The second kappa shape index (κ2) is 12.0. The van der Waals surface area contributed by atoms with Gasteiger partial charge in [0, 0.05) is 22.2 Å². The fourth-order valence-corrected chi connectivity index (χ4v) is 3.37. The molecular weight excluding hydrogens is 412 g/mol. The fourth-order valence-electron chi connectivity index (χ4n) is 1.83. The molecule has 0 aliphatic heterocycles. The van der Waals surface area contributed by atoms with E-state index in [1.165, 1.54) is 0 Å². The number of rotatable bonds is 7. The summed E-state index contributed by atoms with van der Waals surface area (Å²) in [7, 11) is -2.25. The first-order chi connectivity index (χ1) is 11.6. The third-order valence-corrected chi connectivity index (χ3v) is 5.65. The molecule has 1 rings (SSSR count). The fraction of sp³-hybridized carbons (Fsp3) is 0.500. The van der Waals surface area contributed by atoms with Crippen LogP contribution in [-0.2, 0) is 19.3 Å². The molecule has 0 aromatic heterocycles. The summed E-state index contributed by atoms with van der Waals surface area (Å²) in [4.78, 5) is 21.4. The lowest BCUT2D eigenvalue weighted by Crippen LogP contribution is -2.24. The molecular formula is C16H25BrN2O5S. The Kier molecular flexibility index (Phi) is 11.3. The van der Waals surface area contributed by atoms with Gasteiger partial charge in [0.2, 0.25) is 0 Å². The van der Waals surface area contributed by atoms with Crippen LogP contribution < -0.4 is 0 Å². The number of carbonyl (C=O) groups is 2. The van der Waals surface area contributed by atoms with Crippen molar-refractivity contribution in [2.45, 2.75) is 25.2 Å². The van der Waals surface area contributed by atoms with Crippen molar-refractivity contribution in [3.8, 4) is 0 Å². The van der Waals surface area contributed by atoms with Gasteiger partial charge in [-0.05, 0) is 50.3 Å². The van der Waals surface area contributed by atoms with Crippen molar-refractivity contribution < 1.29 is 24.0 Å². The van der Waals surface area contributed by atoms with Crippen molar-refractivity contribution in [1.82, 2.24) is 4.90 Å². The number of carboxylic acid groups (broad SMARTS) is 2. The first-order valence-corrected chi connectivity index (χ1v) is 10.5. The van der Waals surface area contributed by atoms with Crippen LogP contribution in [0.25, 0.3) is 0 Å². The van der Waals surface area contributed by atoms with Crippen molar-refractivity contribution in [3.05, 3.63) is 28.7 Å². The molecule has 0 bridgehead atoms. The monoisotopic (exact) mass is 436 g/mol. The Morgan fingerprint density at radius 3 is 2.00 bits per heavy atom. The van der Waals surface area contributed by atoms with Gasteiger partial charge in [0.15, 0.2) is 0 Å². The number of carboxylic acids is 2. The summed E-state index contributed by atoms with van der Waals surface area (Å²) in [5.74, 6) is -3.65. The third kappa shape index (κ3) is 10.2. The first-order valence-electron chi connectivity index (χ1n) is 7.76. The van der Waals surface area contributed by atoms with Gasteiger partial charge in [0.25, 0.3) is 0 Å². The van der Waals surface area contributed by atoms with Crippen molar-refractivity contribution >= 4 is 37.6 Å². The van der Waals surface area contributed by atoms with Crippen LogP contribution in [0.3, 0.4) is 0 Å². The second-order valence-electron chi connectivity index (χ2n) is 5.10. The van der Waals surface area contributed by atoms with E-state index in [-0.39, 0.29) is 0 Å². The molecule has 7 nitrogen and oxygen atoms in total. The average Bonchev–Trinajstić information content (AvgIpc) is 2.56. The predicted molar refractivity (Wildman–Crippen MR) is 101 cm³/mol. The molecule has 142 valence electrons. The van der Waals surface area contributed by atoms with Gasteiger partial charge < -0.3 is 15.1 Å². The molecule has 0 heterocycles. The highest BCUT2D eigenvalue weighted by atomic mass is 79.9. The summed E-state index contributed by atoms with van der Waals surface area (Å²) in [6, 6.07) is 7.56. The number of benzene rings is 1. The summed E-state index contributed by atoms with van der Waals surface area (Å²) >= 11 is 3.38. The highest BCUT2D eigenvalue weighted by Crippen LogP contribution is 2.16. The predicted octanol–water partition coefficient (Wildman–Crippen LogP) is 2.79. The Morgan fingerprint density at radius 1 is 1.12 bits per heavy atom. The molecule has 9 heteroatoms. The molecule has 0 aliphatic carbocycles. The smallest absolute Gasteiger partial charge is 0.414 e. The summed E-state index contributed by atoms with van der Waals surface area (Å²) in [6.07, 6.45) is 2.68. The van der Waals surface area contributed by atoms with E-state index < -0.39 is 21.7 Å². The van der Waals surface area contributed by atoms with Gasteiger partial charge in [-0.1, -0.05) is 29.8 Å². The lowest BCUT2D eigenvalue weighted by molar-refractivity contribution is -0.159. The molecule has 0 aliphatic rings. The van der Waals surface area contributed by atoms with E-state index in [0.29, 0.717) is 6.54 Å². The zero-order chi connectivity index (χ0) is 19.5. The van der Waals surface area contributed by atoms with E-state index in [1.54, 1.807) is 6.26 Å². The second-order valence-corrected chi connectivity index (χ2v) is 8.35. The van der Waals surface area contributed by atoms with Crippen LogP contribution in [0.1, 0.15) is 20.3 Å². The van der Waals surface area contributed by atoms with E-state index >= 15 is 0 Å². The maximum Gasteiger partial charge on any atom is 0.414 e. The highest BCUT2D eigenvalue weighted by molar-refractivity contribution is 9.10. The molecule has 0 amide bonds. The van der Waals surface area contributed by atoms with Crippen molar-refractivity contribution in [2.75, 3.05) is 32.4 Å². The Balaban J connectivity index is 0.000000823. The van der Waals surface area contributed by atoms with E-state index in [1.807, 2.05) is 24.3 Å². The molecule has 0 radical (unpaired) electrons. The van der Waals surface area contributed by atoms with E-state index in [0.717, 1.165) is 35.4 Å². The maximum absolute atomic E-state index is 12.5. The van der Waals surface area contributed by atoms with E-state index in [9.17, 15) is 4.21 Å². The van der Waals surface area contributed by atoms with Gasteiger partial charge in [-0.2, -0.15) is 0 Å². The molecule has 0 saturated carbocycles. The Labute approximate surface area is 157 Å². The molecule has 25 heavy (non-hydrogen) atoms. The number of nitrogens with zero attached hydrogens (tertiary/aromatic N) is 2. The Bertz CT molecular complexity index is 654. The van der Waals surface area contributed by atoms with E-state index in [2.05, 4.69) is 39.0 Å². The largest absolute Gasteiger partial charge is 0.473 e. The lowest BCUT2D eigenvalue weighted by atomic mass is 10.4. The van der Waals surface area contributed by atoms with Crippen LogP contribution in [0, 0.1) is 0 Å². The number of hydrogen-bond donors (Lipinski definition) is 2. The normalized spacial score (nSPS) is 12.7. The van der Waals surface area contributed by atoms with E-state index in [4.69, 9.17) is 19.8 Å². The van der Waals surface area contributed by atoms with Gasteiger partial charge in [0.05, 0.1) is 9.73 Å². The first kappa shape index (κ1) is 23.5. The zero-order valence-corrected chi connectivity index (χ0v) is 17.0.